The van der Waals surface area contributed by atoms with Crippen molar-refractivity contribution in [1.82, 2.24) is 0 Å². The molecule has 0 saturated heterocycles. The second-order valence-corrected chi connectivity index (χ2v) is 18.7. The molecule has 0 aromatic rings. The van der Waals surface area contributed by atoms with Crippen LogP contribution in [-0.2, 0) is 17.1 Å². The zero-order valence-electron chi connectivity index (χ0n) is 14.8. The summed E-state index contributed by atoms with van der Waals surface area (Å²) in [5.41, 5.74) is -0.542. The molecule has 0 aromatic heterocycles. The van der Waals surface area contributed by atoms with E-state index < -0.39 is 16.1 Å². The summed E-state index contributed by atoms with van der Waals surface area (Å²) in [5, 5.41) is 36.8. The van der Waals surface area contributed by atoms with Gasteiger partial charge in [-0.15, -0.1) is 0 Å². The molecule has 0 heterocycles. The molecule has 0 bridgehead atoms. The van der Waals surface area contributed by atoms with E-state index in [4.69, 9.17) is 10.2 Å². The molecule has 7 heteroatoms. The van der Waals surface area contributed by atoms with Crippen LogP contribution in [0.4, 0.5) is 0 Å². The van der Waals surface area contributed by atoms with Crippen LogP contribution in [0.2, 0.25) is 39.3 Å². The van der Waals surface area contributed by atoms with Gasteiger partial charge in [-0.25, -0.2) is 0 Å². The largest absolute Gasteiger partial charge is 0.396 e. The van der Waals surface area contributed by atoms with Crippen LogP contribution in [-0.4, -0.2) is 60.2 Å². The Morgan fingerprint density at radius 2 is 0.810 bits per heavy atom. The van der Waals surface area contributed by atoms with E-state index in [1.165, 1.54) is 0 Å². The van der Waals surface area contributed by atoms with Crippen molar-refractivity contribution in [2.75, 3.05) is 0 Å². The van der Waals surface area contributed by atoms with Gasteiger partial charge in [0.25, 0.3) is 0 Å². The Kier molecular flexibility index (Phi) is 14.4. The van der Waals surface area contributed by atoms with Crippen LogP contribution in [0.15, 0.2) is 0 Å². The third-order valence-electron chi connectivity index (χ3n) is 3.13. The molecule has 0 aliphatic rings. The Morgan fingerprint density at radius 1 is 0.619 bits per heavy atom. The minimum absolute atomic E-state index is 0. The van der Waals surface area contributed by atoms with Crippen molar-refractivity contribution in [2.45, 2.75) is 89.6 Å². The summed E-state index contributed by atoms with van der Waals surface area (Å²) >= 11 is 0. The normalized spacial score (nSPS) is 17.7. The van der Waals surface area contributed by atoms with Crippen LogP contribution in [0.5, 0.6) is 0 Å². The summed E-state index contributed by atoms with van der Waals surface area (Å²) in [5.74, 6) is 0. The second kappa shape index (κ2) is 11.3. The van der Waals surface area contributed by atoms with Gasteiger partial charge >= 0.3 is 0 Å². The first kappa shape index (κ1) is 26.7. The van der Waals surface area contributed by atoms with Crippen molar-refractivity contribution in [3.8, 4) is 0 Å². The Labute approximate surface area is 143 Å². The van der Waals surface area contributed by atoms with E-state index >= 15 is 0 Å². The summed E-state index contributed by atoms with van der Waals surface area (Å²) in [6, 6.07) is 0. The van der Waals surface area contributed by atoms with Gasteiger partial charge in [-0.05, 0) is 26.7 Å². The van der Waals surface area contributed by atoms with Crippen molar-refractivity contribution in [2.24, 2.45) is 0 Å². The number of rotatable bonds is 6. The van der Waals surface area contributed by atoms with Gasteiger partial charge in [0.15, 0.2) is 0 Å². The molecule has 135 valence electrons. The fourth-order valence-electron chi connectivity index (χ4n) is 1.35. The van der Waals surface area contributed by atoms with Crippen LogP contribution in [0.1, 0.15) is 26.7 Å². The molecule has 0 saturated carbocycles. The number of aliphatic hydroxyl groups excluding tert-OH is 4. The van der Waals surface area contributed by atoms with E-state index in [0.717, 1.165) is 0 Å². The summed E-state index contributed by atoms with van der Waals surface area (Å²) in [7, 11) is -2.86. The van der Waals surface area contributed by atoms with E-state index in [1.54, 1.807) is 13.8 Å². The van der Waals surface area contributed by atoms with Gasteiger partial charge in [-0.1, -0.05) is 39.3 Å². The smallest absolute Gasteiger partial charge is 0.0782 e. The molecule has 0 rings (SSSR count). The van der Waals surface area contributed by atoms with E-state index in [0.29, 0.717) is 12.8 Å². The van der Waals surface area contributed by atoms with Crippen molar-refractivity contribution in [3.63, 3.8) is 0 Å². The summed E-state index contributed by atoms with van der Waals surface area (Å²) in [6.07, 6.45) is 0.300. The standard InChI is InChI=1S/2C7H18O2Si.Cu/c2*1-6(8)5-7(9)10(2,3)4;/h2*6-9H,5H2,1-4H3;. The molecule has 0 aliphatic carbocycles. The minimum Gasteiger partial charge on any atom is -0.396 e. The number of aliphatic hydroxyl groups is 4. The summed E-state index contributed by atoms with van der Waals surface area (Å²) in [6.45, 7) is 16.0. The van der Waals surface area contributed by atoms with Gasteiger partial charge < -0.3 is 20.4 Å². The van der Waals surface area contributed by atoms with E-state index in [-0.39, 0.29) is 40.7 Å². The minimum atomic E-state index is -1.43. The third-order valence-corrected chi connectivity index (χ3v) is 7.60. The average molecular weight is 388 g/mol. The van der Waals surface area contributed by atoms with Crippen LogP contribution in [0, 0.1) is 0 Å². The fourth-order valence-corrected chi connectivity index (χ4v) is 3.45. The van der Waals surface area contributed by atoms with Gasteiger partial charge in [0.2, 0.25) is 0 Å². The first-order chi connectivity index (χ1) is 8.67. The van der Waals surface area contributed by atoms with E-state index in [2.05, 4.69) is 39.3 Å². The maximum atomic E-state index is 9.46. The zero-order valence-corrected chi connectivity index (χ0v) is 17.8. The van der Waals surface area contributed by atoms with Crippen molar-refractivity contribution >= 4 is 16.1 Å². The summed E-state index contributed by atoms with van der Waals surface area (Å²) < 4.78 is 0. The van der Waals surface area contributed by atoms with Crippen LogP contribution >= 0.6 is 0 Å². The maximum Gasteiger partial charge on any atom is 0.0782 e. The molecular formula is C14H36CuO4Si2. The first-order valence-corrected chi connectivity index (χ1v) is 14.6. The molecule has 4 nitrogen and oxygen atoms in total. The van der Waals surface area contributed by atoms with Gasteiger partial charge in [0.05, 0.1) is 28.4 Å². The molecule has 1 radical (unpaired) electrons. The number of hydrogen-bond acceptors (Lipinski definition) is 4. The Bertz CT molecular complexity index is 224. The predicted molar refractivity (Wildman–Crippen MR) is 91.3 cm³/mol. The predicted octanol–water partition coefficient (Wildman–Crippen LogP) is 1.99. The van der Waals surface area contributed by atoms with Gasteiger partial charge in [0.1, 0.15) is 0 Å². The fraction of sp³-hybridized carbons (Fsp3) is 1.00. The topological polar surface area (TPSA) is 80.9 Å². The third kappa shape index (κ3) is 17.0. The SMILES string of the molecule is CC(O)CC(O)[Si](C)(C)C.CC(O)CC(O)[Si](C)(C)C.[Cu]. The second-order valence-electron chi connectivity index (χ2n) is 7.93. The average Bonchev–Trinajstić information content (AvgIpc) is 2.13. The molecule has 0 aromatic carbocycles. The quantitative estimate of drug-likeness (QED) is 0.525. The van der Waals surface area contributed by atoms with Crippen molar-refractivity contribution < 1.29 is 37.5 Å². The zero-order chi connectivity index (χ0) is 16.7. The Balaban J connectivity index is -0.000000295. The Hall–Kier alpha value is 0.793. The van der Waals surface area contributed by atoms with Gasteiger partial charge in [0, 0.05) is 28.5 Å². The molecular weight excluding hydrogens is 352 g/mol. The van der Waals surface area contributed by atoms with E-state index in [1.807, 2.05) is 0 Å². The van der Waals surface area contributed by atoms with Gasteiger partial charge in [-0.3, -0.25) is 0 Å². The van der Waals surface area contributed by atoms with Crippen LogP contribution in [0.25, 0.3) is 0 Å². The molecule has 0 amide bonds. The molecule has 0 fully saturated rings. The molecule has 4 atom stereocenters. The van der Waals surface area contributed by atoms with Gasteiger partial charge in [-0.2, -0.15) is 0 Å². The maximum absolute atomic E-state index is 9.46. The number of hydrogen-bond donors (Lipinski definition) is 4. The molecule has 21 heavy (non-hydrogen) atoms. The summed E-state index contributed by atoms with van der Waals surface area (Å²) in [4.78, 5) is 0. The van der Waals surface area contributed by atoms with Crippen LogP contribution < -0.4 is 0 Å². The van der Waals surface area contributed by atoms with Crippen molar-refractivity contribution in [3.05, 3.63) is 0 Å². The molecule has 4 N–H and O–H groups in total. The Morgan fingerprint density at radius 3 is 0.857 bits per heavy atom. The van der Waals surface area contributed by atoms with Crippen LogP contribution in [0.3, 0.4) is 0 Å². The molecule has 0 aliphatic heterocycles. The van der Waals surface area contributed by atoms with E-state index in [9.17, 15) is 10.2 Å². The monoisotopic (exact) mass is 387 g/mol. The molecule has 0 spiro atoms. The first-order valence-electron chi connectivity index (χ1n) is 7.40. The van der Waals surface area contributed by atoms with Crippen molar-refractivity contribution in [1.29, 1.82) is 0 Å². The molecule has 4 unspecified atom stereocenters.